The minimum Gasteiger partial charge on any atom is -0.410 e. The fourth-order valence-electron chi connectivity index (χ4n) is 4.53. The predicted octanol–water partition coefficient (Wildman–Crippen LogP) is 4.27. The highest BCUT2D eigenvalue weighted by Gasteiger charge is 2.61. The number of carbonyl (C=O) groups is 1. The normalized spacial score (nSPS) is 27.6. The molecule has 1 saturated carbocycles. The van der Waals surface area contributed by atoms with Crippen LogP contribution < -0.4 is 4.90 Å². The molecule has 6 nitrogen and oxygen atoms in total. The Balaban J connectivity index is 1.27. The third kappa shape index (κ3) is 3.45. The number of rotatable bonds is 3. The van der Waals surface area contributed by atoms with E-state index >= 15 is 0 Å². The molecule has 0 radical (unpaired) electrons. The van der Waals surface area contributed by atoms with Gasteiger partial charge in [-0.1, -0.05) is 36.9 Å². The number of nitrogens with zero attached hydrogens (tertiary/aromatic N) is 4. The first-order chi connectivity index (χ1) is 14.2. The minimum atomic E-state index is -0.270. The Morgan fingerprint density at radius 3 is 3.10 bits per heavy atom. The van der Waals surface area contributed by atoms with E-state index in [1.54, 1.807) is 6.33 Å². The van der Waals surface area contributed by atoms with Gasteiger partial charge in [0.15, 0.2) is 0 Å². The van der Waals surface area contributed by atoms with E-state index in [-0.39, 0.29) is 6.09 Å². The molecule has 1 aromatic rings. The van der Waals surface area contributed by atoms with Gasteiger partial charge in [0.1, 0.15) is 22.9 Å². The molecule has 2 aliphatic heterocycles. The van der Waals surface area contributed by atoms with Gasteiger partial charge in [0.25, 0.3) is 0 Å². The van der Waals surface area contributed by atoms with E-state index in [4.69, 9.17) is 4.74 Å². The van der Waals surface area contributed by atoms with E-state index in [0.717, 1.165) is 36.8 Å². The summed E-state index contributed by atoms with van der Waals surface area (Å²) in [7, 11) is 0. The van der Waals surface area contributed by atoms with Crippen molar-refractivity contribution in [1.29, 1.82) is 0 Å². The molecule has 152 valence electrons. The van der Waals surface area contributed by atoms with Crippen LogP contribution in [0.5, 0.6) is 0 Å². The number of hydrogen-bond acceptors (Lipinski definition) is 6. The smallest absolute Gasteiger partial charge is 0.410 e. The number of fused-ring (bicyclic) bond motifs is 3. The van der Waals surface area contributed by atoms with E-state index in [2.05, 4.69) is 21.8 Å². The van der Waals surface area contributed by atoms with Crippen LogP contribution in [-0.4, -0.2) is 51.9 Å². The largest absolute Gasteiger partial charge is 0.415 e. The van der Waals surface area contributed by atoms with Gasteiger partial charge in [-0.15, -0.1) is 0 Å². The number of allylic oxidation sites excluding steroid dienone is 5. The van der Waals surface area contributed by atoms with Crippen LogP contribution in [0.2, 0.25) is 0 Å². The molecule has 0 N–H and O–H groups in total. The van der Waals surface area contributed by atoms with Crippen LogP contribution in [0.1, 0.15) is 44.1 Å². The maximum atomic E-state index is 12.7. The highest BCUT2D eigenvalue weighted by Crippen LogP contribution is 2.71. The van der Waals surface area contributed by atoms with E-state index in [9.17, 15) is 4.79 Å². The zero-order valence-corrected chi connectivity index (χ0v) is 17.5. The topological polar surface area (TPSA) is 58.6 Å². The third-order valence-electron chi connectivity index (χ3n) is 6.31. The summed E-state index contributed by atoms with van der Waals surface area (Å²) in [6.07, 6.45) is 15.3. The molecule has 1 aromatic heterocycles. The summed E-state index contributed by atoms with van der Waals surface area (Å²) < 4.78 is 5.96. The van der Waals surface area contributed by atoms with Gasteiger partial charge in [-0.3, -0.25) is 0 Å². The quantitative estimate of drug-likeness (QED) is 0.694. The summed E-state index contributed by atoms with van der Waals surface area (Å²) in [4.78, 5) is 26.0. The fourth-order valence-corrected chi connectivity index (χ4v) is 6.02. The van der Waals surface area contributed by atoms with E-state index in [1.807, 2.05) is 47.0 Å². The molecule has 1 amide bonds. The average Bonchev–Trinajstić information content (AvgIpc) is 3.47. The van der Waals surface area contributed by atoms with Crippen molar-refractivity contribution in [2.45, 2.75) is 48.3 Å². The molecule has 1 saturated heterocycles. The van der Waals surface area contributed by atoms with Crippen LogP contribution in [0.3, 0.4) is 0 Å². The minimum absolute atomic E-state index is 0.270. The van der Waals surface area contributed by atoms with Crippen molar-refractivity contribution in [2.24, 2.45) is 0 Å². The van der Waals surface area contributed by atoms with Gasteiger partial charge in [0.2, 0.25) is 0 Å². The van der Waals surface area contributed by atoms with Gasteiger partial charge in [-0.25, -0.2) is 14.8 Å². The van der Waals surface area contributed by atoms with Crippen molar-refractivity contribution in [3.63, 3.8) is 0 Å². The molecular formula is C22H26N4O2S. The van der Waals surface area contributed by atoms with Gasteiger partial charge in [0, 0.05) is 42.4 Å². The van der Waals surface area contributed by atoms with Crippen LogP contribution in [0.25, 0.3) is 0 Å². The first-order valence-corrected chi connectivity index (χ1v) is 11.3. The molecule has 2 atom stereocenters. The lowest BCUT2D eigenvalue weighted by Crippen LogP contribution is -2.35. The van der Waals surface area contributed by atoms with Gasteiger partial charge >= 0.3 is 6.09 Å². The Hall–Kier alpha value is -2.28. The Labute approximate surface area is 175 Å². The van der Waals surface area contributed by atoms with Crippen LogP contribution in [0, 0.1) is 0 Å². The zero-order valence-electron chi connectivity index (χ0n) is 16.7. The summed E-state index contributed by atoms with van der Waals surface area (Å²) in [6.45, 7) is 5.28. The van der Waals surface area contributed by atoms with Crippen molar-refractivity contribution in [3.8, 4) is 0 Å². The Morgan fingerprint density at radius 1 is 1.28 bits per heavy atom. The summed E-state index contributed by atoms with van der Waals surface area (Å²) in [5.41, 5.74) is 1.34. The van der Waals surface area contributed by atoms with Crippen molar-refractivity contribution in [1.82, 2.24) is 14.9 Å². The first kappa shape index (κ1) is 18.7. The molecule has 3 heterocycles. The summed E-state index contributed by atoms with van der Waals surface area (Å²) >= 11 is 1.94. The maximum absolute atomic E-state index is 12.7. The molecule has 5 rings (SSSR count). The molecule has 2 aliphatic carbocycles. The first-order valence-electron chi connectivity index (χ1n) is 10.5. The van der Waals surface area contributed by atoms with Crippen molar-refractivity contribution < 1.29 is 9.53 Å². The highest BCUT2D eigenvalue weighted by molar-refractivity contribution is 8.01. The second-order valence-corrected chi connectivity index (χ2v) is 9.43. The van der Waals surface area contributed by atoms with Crippen LogP contribution in [0.4, 0.5) is 10.6 Å². The molecule has 0 aromatic carbocycles. The van der Waals surface area contributed by atoms with E-state index in [1.165, 1.54) is 18.4 Å². The number of ether oxygens (including phenoxy) is 1. The zero-order chi connectivity index (χ0) is 19.8. The van der Waals surface area contributed by atoms with Crippen LogP contribution in [-0.2, 0) is 4.74 Å². The second-order valence-electron chi connectivity index (χ2n) is 8.02. The van der Waals surface area contributed by atoms with Crippen molar-refractivity contribution >= 4 is 23.7 Å². The fraction of sp³-hybridized carbons (Fsp3) is 0.500. The molecule has 0 spiro atoms. The Bertz CT molecular complexity index is 912. The maximum Gasteiger partial charge on any atom is 0.415 e. The molecule has 2 fully saturated rings. The standard InChI is InChI=1S/C22H26N4O2S/c1-2-22-14-17(22)18-19(23-15-24-20(18)29-22)25-10-7-11-26(13-12-25)21(27)28-16-8-5-3-4-6-9-16/h3,5-6,8-9,15,17H,2,4,7,10-14H2,1H3. The predicted molar refractivity (Wildman–Crippen MR) is 114 cm³/mol. The number of carbonyl (C=O) groups excluding carboxylic acids is 1. The molecular weight excluding hydrogens is 384 g/mol. The van der Waals surface area contributed by atoms with Crippen molar-refractivity contribution in [2.75, 3.05) is 31.1 Å². The van der Waals surface area contributed by atoms with Gasteiger partial charge in [-0.05, 0) is 37.8 Å². The number of amides is 1. The number of anilines is 1. The lowest BCUT2D eigenvalue weighted by Gasteiger charge is -2.24. The lowest BCUT2D eigenvalue weighted by atomic mass is 10.1. The second kappa shape index (κ2) is 7.52. The lowest BCUT2D eigenvalue weighted by molar-refractivity contribution is 0.134. The summed E-state index contributed by atoms with van der Waals surface area (Å²) in [5, 5.41) is 1.16. The third-order valence-corrected chi connectivity index (χ3v) is 7.97. The molecule has 7 heteroatoms. The van der Waals surface area contributed by atoms with Gasteiger partial charge in [-0.2, -0.15) is 0 Å². The number of thioether (sulfide) groups is 1. The molecule has 2 unspecified atom stereocenters. The molecule has 0 bridgehead atoms. The number of hydrogen-bond donors (Lipinski definition) is 0. The van der Waals surface area contributed by atoms with Crippen LogP contribution >= 0.6 is 11.8 Å². The highest BCUT2D eigenvalue weighted by atomic mass is 32.2. The SMILES string of the molecule is CCC12CC1c1c(ncnc1N1CCCN(C(=O)OC3=CC=CCC=C3)CC1)S2. The van der Waals surface area contributed by atoms with E-state index < -0.39 is 0 Å². The monoisotopic (exact) mass is 410 g/mol. The Morgan fingerprint density at radius 2 is 2.21 bits per heavy atom. The molecule has 4 aliphatic rings. The van der Waals surface area contributed by atoms with Crippen LogP contribution in [0.15, 0.2) is 47.5 Å². The van der Waals surface area contributed by atoms with Gasteiger partial charge < -0.3 is 14.5 Å². The Kier molecular flexibility index (Phi) is 4.86. The van der Waals surface area contributed by atoms with Gasteiger partial charge in [0.05, 0.1) is 0 Å². The molecule has 29 heavy (non-hydrogen) atoms. The summed E-state index contributed by atoms with van der Waals surface area (Å²) in [6, 6.07) is 0. The van der Waals surface area contributed by atoms with Crippen molar-refractivity contribution in [3.05, 3.63) is 48.0 Å². The number of aromatic nitrogens is 2. The summed E-state index contributed by atoms with van der Waals surface area (Å²) in [5.74, 6) is 2.27. The average molecular weight is 411 g/mol. The van der Waals surface area contributed by atoms with E-state index in [0.29, 0.717) is 29.5 Å².